The minimum atomic E-state index is -0.211. The number of halogens is 4. The van der Waals surface area contributed by atoms with Gasteiger partial charge in [-0.3, -0.25) is 0 Å². The van der Waals surface area contributed by atoms with E-state index < -0.39 is 0 Å². The summed E-state index contributed by atoms with van der Waals surface area (Å²) in [4.78, 5) is 0. The summed E-state index contributed by atoms with van der Waals surface area (Å²) in [6.07, 6.45) is 0.842. The fraction of sp³-hybridized carbons (Fsp3) is 1.00. The van der Waals surface area contributed by atoms with Gasteiger partial charge >= 0.3 is 98.5 Å². The van der Waals surface area contributed by atoms with Crippen LogP contribution >= 0.6 is 46.4 Å². The molecule has 0 aromatic carbocycles. The van der Waals surface area contributed by atoms with Crippen molar-refractivity contribution in [2.75, 3.05) is 0 Å². The van der Waals surface area contributed by atoms with Crippen molar-refractivity contribution < 1.29 is 19.8 Å². The van der Waals surface area contributed by atoms with Crippen LogP contribution in [-0.2, 0) is 19.8 Å². The Morgan fingerprint density at radius 2 is 1.45 bits per heavy atom. The van der Waals surface area contributed by atoms with Crippen LogP contribution in [0, 0.1) is 0 Å². The molecule has 0 amide bonds. The third kappa shape index (κ3) is 2.41. The first-order chi connectivity index (χ1) is 5.04. The topological polar surface area (TPSA) is 0 Å². The molecule has 0 spiro atoms. The van der Waals surface area contributed by atoms with E-state index in [0.29, 0.717) is 4.31 Å². The zero-order valence-electron chi connectivity index (χ0n) is 5.42. The normalized spacial score (nSPS) is 52.7. The summed E-state index contributed by atoms with van der Waals surface area (Å²) in [5.74, 6) is 0. The van der Waals surface area contributed by atoms with E-state index in [-0.39, 0.29) is 21.5 Å². The van der Waals surface area contributed by atoms with E-state index >= 15 is 0 Å². The van der Waals surface area contributed by atoms with Crippen LogP contribution < -0.4 is 0 Å². The van der Waals surface area contributed by atoms with Crippen LogP contribution in [0.5, 0.6) is 0 Å². The summed E-state index contributed by atoms with van der Waals surface area (Å²) in [6.45, 7) is 0. The van der Waals surface area contributed by atoms with Crippen molar-refractivity contribution in [3.05, 3.63) is 0 Å². The minimum absolute atomic E-state index is 0.0448. The Morgan fingerprint density at radius 1 is 0.909 bits per heavy atom. The van der Waals surface area contributed by atoms with Crippen LogP contribution in [-0.4, -0.2) is 21.5 Å². The van der Waals surface area contributed by atoms with E-state index in [0.717, 1.165) is 6.42 Å². The maximum atomic E-state index is 6.00. The third-order valence-electron chi connectivity index (χ3n) is 1.72. The summed E-state index contributed by atoms with van der Waals surface area (Å²) in [5, 5.41) is -0.517. The van der Waals surface area contributed by atoms with E-state index in [1.807, 2.05) is 0 Å². The van der Waals surface area contributed by atoms with Crippen molar-refractivity contribution >= 4 is 46.4 Å². The van der Waals surface area contributed by atoms with Gasteiger partial charge in [0.15, 0.2) is 0 Å². The molecule has 0 radical (unpaired) electrons. The molecule has 0 nitrogen and oxygen atoms in total. The standard InChI is InChI=1S/C6H7Cl4.Pt/c7-3-1-2-4(8)6(10)5(3)9;/h1,3-6H,2H2;. The van der Waals surface area contributed by atoms with E-state index in [1.165, 1.54) is 0 Å². The molecule has 1 aliphatic rings. The van der Waals surface area contributed by atoms with Gasteiger partial charge in [0.1, 0.15) is 0 Å². The molecule has 0 bridgehead atoms. The second kappa shape index (κ2) is 4.38. The van der Waals surface area contributed by atoms with Gasteiger partial charge in [0.05, 0.1) is 0 Å². The van der Waals surface area contributed by atoms with Crippen molar-refractivity contribution in [1.82, 2.24) is 0 Å². The molecule has 0 heterocycles. The summed E-state index contributed by atoms with van der Waals surface area (Å²) in [5.41, 5.74) is 0. The Labute approximate surface area is 97.8 Å². The number of hydrogen-bond donors (Lipinski definition) is 0. The average Bonchev–Trinajstić information content (AvgIpc) is 1.97. The quantitative estimate of drug-likeness (QED) is 0.533. The number of hydrogen-bond acceptors (Lipinski definition) is 0. The molecule has 5 heteroatoms. The summed E-state index contributed by atoms with van der Waals surface area (Å²) in [6, 6.07) is 0. The molecule has 0 aromatic rings. The Hall–Kier alpha value is 1.85. The Morgan fingerprint density at radius 3 is 2.00 bits per heavy atom. The van der Waals surface area contributed by atoms with Gasteiger partial charge < -0.3 is 0 Å². The second-order valence-electron chi connectivity index (χ2n) is 2.56. The molecule has 0 aliphatic heterocycles. The van der Waals surface area contributed by atoms with Crippen LogP contribution in [0.15, 0.2) is 0 Å². The maximum absolute atomic E-state index is 6.00. The molecule has 11 heavy (non-hydrogen) atoms. The molecule has 1 fully saturated rings. The van der Waals surface area contributed by atoms with Gasteiger partial charge in [-0.15, -0.1) is 0 Å². The van der Waals surface area contributed by atoms with E-state index in [9.17, 15) is 0 Å². The van der Waals surface area contributed by atoms with Gasteiger partial charge in [0.2, 0.25) is 0 Å². The number of alkyl halides is 4. The Kier molecular flexibility index (Phi) is 4.35. The molecule has 1 saturated carbocycles. The molecule has 0 aromatic heterocycles. The van der Waals surface area contributed by atoms with Gasteiger partial charge in [-0.1, -0.05) is 0 Å². The van der Waals surface area contributed by atoms with Crippen LogP contribution in [0.1, 0.15) is 6.42 Å². The fourth-order valence-corrected chi connectivity index (χ4v) is 4.00. The van der Waals surface area contributed by atoms with Gasteiger partial charge in [-0.25, -0.2) is 0 Å². The van der Waals surface area contributed by atoms with Crippen LogP contribution in [0.3, 0.4) is 0 Å². The molecule has 1 aliphatic carbocycles. The second-order valence-corrected chi connectivity index (χ2v) is 6.31. The van der Waals surface area contributed by atoms with Gasteiger partial charge in [0.25, 0.3) is 0 Å². The van der Waals surface area contributed by atoms with Crippen molar-refractivity contribution in [2.24, 2.45) is 0 Å². The van der Waals surface area contributed by atoms with Crippen molar-refractivity contribution in [2.45, 2.75) is 32.2 Å². The Balaban J connectivity index is 2.63. The molecule has 1 rings (SSSR count). The summed E-state index contributed by atoms with van der Waals surface area (Å²) < 4.78 is 0.330. The van der Waals surface area contributed by atoms with Crippen LogP contribution in [0.25, 0.3) is 0 Å². The molecule has 5 atom stereocenters. The van der Waals surface area contributed by atoms with E-state index in [4.69, 9.17) is 46.4 Å². The van der Waals surface area contributed by atoms with Crippen molar-refractivity contribution in [1.29, 1.82) is 0 Å². The summed E-state index contributed by atoms with van der Waals surface area (Å²) >= 11 is 26.1. The van der Waals surface area contributed by atoms with Crippen LogP contribution in [0.4, 0.5) is 0 Å². The van der Waals surface area contributed by atoms with E-state index in [1.54, 1.807) is 0 Å². The zero-order valence-corrected chi connectivity index (χ0v) is 10.7. The molecule has 69 valence electrons. The first-order valence-corrected chi connectivity index (χ1v) is 6.26. The van der Waals surface area contributed by atoms with Gasteiger partial charge in [0, 0.05) is 0 Å². The van der Waals surface area contributed by atoms with Crippen LogP contribution in [0.2, 0.25) is 4.31 Å². The molecule has 0 N–H and O–H groups in total. The molecule has 5 unspecified atom stereocenters. The monoisotopic (exact) mass is 414 g/mol. The fourth-order valence-electron chi connectivity index (χ4n) is 1.02. The zero-order chi connectivity index (χ0) is 8.59. The average molecular weight is 416 g/mol. The van der Waals surface area contributed by atoms with Crippen molar-refractivity contribution in [3.63, 3.8) is 0 Å². The first kappa shape index (κ1) is 10.9. The number of rotatable bonds is 0. The molecular weight excluding hydrogens is 409 g/mol. The molecule has 0 saturated heterocycles. The molecular formula is C6H7Cl4Pt. The first-order valence-electron chi connectivity index (χ1n) is 3.21. The summed E-state index contributed by atoms with van der Waals surface area (Å²) in [7, 11) is 0. The SMILES string of the molecule is ClC1C[CH]([Pt])C(Cl)C(Cl)C1Cl. The van der Waals surface area contributed by atoms with Gasteiger partial charge in [-0.05, 0) is 0 Å². The third-order valence-corrected chi connectivity index (χ3v) is 6.03. The predicted octanol–water partition coefficient (Wildman–Crippen LogP) is 3.16. The van der Waals surface area contributed by atoms with Gasteiger partial charge in [-0.2, -0.15) is 0 Å². The predicted molar refractivity (Wildman–Crippen MR) is 46.9 cm³/mol. The van der Waals surface area contributed by atoms with E-state index in [2.05, 4.69) is 19.8 Å². The van der Waals surface area contributed by atoms with Crippen molar-refractivity contribution in [3.8, 4) is 0 Å². The Bertz CT molecular complexity index is 129.